The van der Waals surface area contributed by atoms with E-state index in [1.807, 2.05) is 39.0 Å². The van der Waals surface area contributed by atoms with E-state index < -0.39 is 0 Å². The molecule has 1 rings (SSSR count). The number of rotatable bonds is 5. The second kappa shape index (κ2) is 6.71. The van der Waals surface area contributed by atoms with Gasteiger partial charge in [0.2, 0.25) is 0 Å². The summed E-state index contributed by atoms with van der Waals surface area (Å²) in [5.41, 5.74) is 1.59. The zero-order valence-electron chi connectivity index (χ0n) is 12.5. The van der Waals surface area contributed by atoms with Crippen molar-refractivity contribution < 1.29 is 14.3 Å². The van der Waals surface area contributed by atoms with E-state index in [0.717, 1.165) is 12.0 Å². The van der Waals surface area contributed by atoms with Gasteiger partial charge < -0.3 is 9.47 Å². The molecule has 0 heterocycles. The second-order valence-electron chi connectivity index (χ2n) is 5.77. The van der Waals surface area contributed by atoms with Crippen LogP contribution < -0.4 is 0 Å². The third-order valence-corrected chi connectivity index (χ3v) is 3.10. The van der Waals surface area contributed by atoms with Crippen molar-refractivity contribution in [3.8, 4) is 0 Å². The van der Waals surface area contributed by atoms with E-state index in [9.17, 15) is 4.79 Å². The van der Waals surface area contributed by atoms with Crippen LogP contribution >= 0.6 is 0 Å². The molecular weight excluding hydrogens is 240 g/mol. The standard InChI is InChI=1S/C16H24O3/c1-6-12-8-7-9-13(10-12)15(17)19-14(11-18-5)16(2,3)4/h7-10,14H,6,11H2,1-5H3. The molecule has 0 aliphatic heterocycles. The molecule has 1 atom stereocenters. The zero-order valence-corrected chi connectivity index (χ0v) is 12.5. The second-order valence-corrected chi connectivity index (χ2v) is 5.77. The molecule has 19 heavy (non-hydrogen) atoms. The SMILES string of the molecule is CCc1cccc(C(=O)OC(COC)C(C)(C)C)c1. The van der Waals surface area contributed by atoms with Gasteiger partial charge in [-0.15, -0.1) is 0 Å². The van der Waals surface area contributed by atoms with Crippen molar-refractivity contribution in [1.82, 2.24) is 0 Å². The maximum atomic E-state index is 12.2. The van der Waals surface area contributed by atoms with Gasteiger partial charge in [0.15, 0.2) is 0 Å². The number of carbonyl (C=O) groups excluding carboxylic acids is 1. The summed E-state index contributed by atoms with van der Waals surface area (Å²) in [4.78, 5) is 12.2. The molecule has 0 spiro atoms. The van der Waals surface area contributed by atoms with Gasteiger partial charge in [-0.25, -0.2) is 4.79 Å². The third-order valence-electron chi connectivity index (χ3n) is 3.10. The molecule has 0 N–H and O–H groups in total. The van der Waals surface area contributed by atoms with Gasteiger partial charge in [-0.1, -0.05) is 39.8 Å². The predicted molar refractivity (Wildman–Crippen MR) is 76.4 cm³/mol. The summed E-state index contributed by atoms with van der Waals surface area (Å²) < 4.78 is 10.7. The van der Waals surface area contributed by atoms with Crippen molar-refractivity contribution in [2.75, 3.05) is 13.7 Å². The Morgan fingerprint density at radius 1 is 1.32 bits per heavy atom. The van der Waals surface area contributed by atoms with Crippen LogP contribution in [0.4, 0.5) is 0 Å². The largest absolute Gasteiger partial charge is 0.456 e. The first kappa shape index (κ1) is 15.7. The highest BCUT2D eigenvalue weighted by atomic mass is 16.6. The van der Waals surface area contributed by atoms with Gasteiger partial charge in [0.05, 0.1) is 12.2 Å². The average Bonchev–Trinajstić information content (AvgIpc) is 2.37. The Bertz CT molecular complexity index is 418. The van der Waals surface area contributed by atoms with E-state index in [1.54, 1.807) is 13.2 Å². The molecule has 0 amide bonds. The quantitative estimate of drug-likeness (QED) is 0.764. The molecule has 0 saturated carbocycles. The molecule has 0 saturated heterocycles. The summed E-state index contributed by atoms with van der Waals surface area (Å²) in [7, 11) is 1.62. The Morgan fingerprint density at radius 3 is 2.53 bits per heavy atom. The van der Waals surface area contributed by atoms with E-state index in [2.05, 4.69) is 6.92 Å². The minimum absolute atomic E-state index is 0.145. The van der Waals surface area contributed by atoms with E-state index in [-0.39, 0.29) is 17.5 Å². The van der Waals surface area contributed by atoms with Crippen molar-refractivity contribution in [1.29, 1.82) is 0 Å². The fraction of sp³-hybridized carbons (Fsp3) is 0.562. The Morgan fingerprint density at radius 2 is 2.00 bits per heavy atom. The lowest BCUT2D eigenvalue weighted by Gasteiger charge is -2.29. The summed E-state index contributed by atoms with van der Waals surface area (Å²) in [6, 6.07) is 7.56. The van der Waals surface area contributed by atoms with Gasteiger partial charge in [-0.3, -0.25) is 0 Å². The number of ether oxygens (including phenoxy) is 2. The molecular formula is C16H24O3. The fourth-order valence-electron chi connectivity index (χ4n) is 1.73. The summed E-state index contributed by atoms with van der Waals surface area (Å²) in [5.74, 6) is -0.285. The molecule has 1 unspecified atom stereocenters. The van der Waals surface area contributed by atoms with E-state index in [4.69, 9.17) is 9.47 Å². The Hall–Kier alpha value is -1.35. The highest BCUT2D eigenvalue weighted by Crippen LogP contribution is 2.23. The molecule has 3 heteroatoms. The van der Waals surface area contributed by atoms with Crippen LogP contribution in [0.15, 0.2) is 24.3 Å². The molecule has 0 aromatic heterocycles. The van der Waals surface area contributed by atoms with Crippen LogP contribution in [-0.4, -0.2) is 25.8 Å². The minimum atomic E-state index is -0.285. The monoisotopic (exact) mass is 264 g/mol. The van der Waals surface area contributed by atoms with Crippen LogP contribution in [-0.2, 0) is 15.9 Å². The smallest absolute Gasteiger partial charge is 0.338 e. The van der Waals surface area contributed by atoms with Gasteiger partial charge in [-0.05, 0) is 24.1 Å². The summed E-state index contributed by atoms with van der Waals surface area (Å²) in [5, 5.41) is 0. The number of aryl methyl sites for hydroxylation is 1. The number of hydrogen-bond acceptors (Lipinski definition) is 3. The minimum Gasteiger partial charge on any atom is -0.456 e. The molecule has 1 aromatic carbocycles. The Kier molecular flexibility index (Phi) is 5.55. The van der Waals surface area contributed by atoms with Crippen LogP contribution in [0.5, 0.6) is 0 Å². The van der Waals surface area contributed by atoms with Crippen molar-refractivity contribution in [2.45, 2.75) is 40.2 Å². The van der Waals surface area contributed by atoms with Gasteiger partial charge in [0.1, 0.15) is 6.10 Å². The lowest BCUT2D eigenvalue weighted by Crippen LogP contribution is -2.35. The van der Waals surface area contributed by atoms with Crippen molar-refractivity contribution in [3.63, 3.8) is 0 Å². The first-order valence-electron chi connectivity index (χ1n) is 6.67. The van der Waals surface area contributed by atoms with Crippen molar-refractivity contribution >= 4 is 5.97 Å². The maximum Gasteiger partial charge on any atom is 0.338 e. The normalized spacial score (nSPS) is 13.1. The number of esters is 1. The van der Waals surface area contributed by atoms with Crippen LogP contribution in [0, 0.1) is 5.41 Å². The topological polar surface area (TPSA) is 35.5 Å². The number of benzene rings is 1. The molecule has 0 bridgehead atoms. The van der Waals surface area contributed by atoms with Gasteiger partial charge in [-0.2, -0.15) is 0 Å². The van der Waals surface area contributed by atoms with E-state index in [0.29, 0.717) is 12.2 Å². The fourth-order valence-corrected chi connectivity index (χ4v) is 1.73. The number of hydrogen-bond donors (Lipinski definition) is 0. The predicted octanol–water partition coefficient (Wildman–Crippen LogP) is 3.47. The lowest BCUT2D eigenvalue weighted by atomic mass is 9.89. The molecule has 1 aromatic rings. The molecule has 0 radical (unpaired) electrons. The lowest BCUT2D eigenvalue weighted by molar-refractivity contribution is -0.0351. The van der Waals surface area contributed by atoms with Gasteiger partial charge in [0.25, 0.3) is 0 Å². The van der Waals surface area contributed by atoms with E-state index in [1.165, 1.54) is 0 Å². The summed E-state index contributed by atoms with van der Waals surface area (Å²) in [6.45, 7) is 8.57. The summed E-state index contributed by atoms with van der Waals surface area (Å²) >= 11 is 0. The first-order chi connectivity index (χ1) is 8.88. The average molecular weight is 264 g/mol. The van der Waals surface area contributed by atoms with Crippen molar-refractivity contribution in [3.05, 3.63) is 35.4 Å². The molecule has 0 fully saturated rings. The van der Waals surface area contributed by atoms with Gasteiger partial charge in [0, 0.05) is 12.5 Å². The number of methoxy groups -OCH3 is 1. The Balaban J connectivity index is 2.81. The molecule has 0 aliphatic rings. The van der Waals surface area contributed by atoms with Crippen LogP contribution in [0.2, 0.25) is 0 Å². The highest BCUT2D eigenvalue weighted by Gasteiger charge is 2.28. The Labute approximate surface area is 115 Å². The van der Waals surface area contributed by atoms with Crippen LogP contribution in [0.25, 0.3) is 0 Å². The van der Waals surface area contributed by atoms with Crippen molar-refractivity contribution in [2.24, 2.45) is 5.41 Å². The van der Waals surface area contributed by atoms with E-state index >= 15 is 0 Å². The molecule has 0 aliphatic carbocycles. The van der Waals surface area contributed by atoms with Crippen LogP contribution in [0.1, 0.15) is 43.6 Å². The molecule has 106 valence electrons. The van der Waals surface area contributed by atoms with Gasteiger partial charge >= 0.3 is 5.97 Å². The third kappa shape index (κ3) is 4.67. The summed E-state index contributed by atoms with van der Waals surface area (Å²) in [6.07, 6.45) is 0.650. The highest BCUT2D eigenvalue weighted by molar-refractivity contribution is 5.89. The maximum absolute atomic E-state index is 12.2. The number of carbonyl (C=O) groups is 1. The first-order valence-corrected chi connectivity index (χ1v) is 6.67. The van der Waals surface area contributed by atoms with Crippen LogP contribution in [0.3, 0.4) is 0 Å². The molecule has 3 nitrogen and oxygen atoms in total. The zero-order chi connectivity index (χ0) is 14.5.